The number of nitrogens with zero attached hydrogens (tertiary/aromatic N) is 4. The van der Waals surface area contributed by atoms with Crippen LogP contribution in [0.2, 0.25) is 15.1 Å². The summed E-state index contributed by atoms with van der Waals surface area (Å²) in [7, 11) is 4.36. The monoisotopic (exact) mass is 706 g/mol. The van der Waals surface area contributed by atoms with E-state index in [0.29, 0.717) is 16.0 Å². The van der Waals surface area contributed by atoms with E-state index in [-0.39, 0.29) is 5.92 Å². The number of hydrogen-bond donors (Lipinski definition) is 2. The molecule has 2 heterocycles. The summed E-state index contributed by atoms with van der Waals surface area (Å²) in [4.78, 5) is 9.79. The number of benzene rings is 2. The number of aliphatic hydroxyl groups is 2. The molecule has 2 aromatic carbocycles. The van der Waals surface area contributed by atoms with Gasteiger partial charge in [0.05, 0.1) is 11.2 Å². The molecule has 4 unspecified atom stereocenters. The normalized spacial score (nSPS) is 30.6. The van der Waals surface area contributed by atoms with Gasteiger partial charge in [0, 0.05) is 92.4 Å². The molecule has 0 bridgehead atoms. The Morgan fingerprint density at radius 3 is 1.49 bits per heavy atom. The van der Waals surface area contributed by atoms with Crippen molar-refractivity contribution in [1.29, 1.82) is 0 Å². The summed E-state index contributed by atoms with van der Waals surface area (Å²) in [5, 5.41) is 25.2. The van der Waals surface area contributed by atoms with E-state index >= 15 is 0 Å². The number of halogens is 3. The van der Waals surface area contributed by atoms with Gasteiger partial charge in [0.1, 0.15) is 0 Å². The third-order valence-corrected chi connectivity index (χ3v) is 12.1. The highest BCUT2D eigenvalue weighted by Crippen LogP contribution is 2.43. The fourth-order valence-electron chi connectivity index (χ4n) is 8.30. The summed E-state index contributed by atoms with van der Waals surface area (Å²) in [6, 6.07) is 13.4. The minimum absolute atomic E-state index is 0.234. The third-order valence-electron chi connectivity index (χ3n) is 11.4. The van der Waals surface area contributed by atoms with Crippen molar-refractivity contribution in [3.8, 4) is 0 Å². The van der Waals surface area contributed by atoms with Crippen LogP contribution in [0.1, 0.15) is 75.3 Å². The summed E-state index contributed by atoms with van der Waals surface area (Å²) in [6.07, 6.45) is 10.8. The van der Waals surface area contributed by atoms with Crippen LogP contribution in [0.3, 0.4) is 0 Å². The maximum Gasteiger partial charge on any atom is 0.0937 e. The van der Waals surface area contributed by atoms with Crippen molar-refractivity contribution in [3.63, 3.8) is 0 Å². The molecule has 9 heteroatoms. The van der Waals surface area contributed by atoms with Crippen LogP contribution in [-0.2, 0) is 11.2 Å². The van der Waals surface area contributed by atoms with Crippen molar-refractivity contribution in [1.82, 2.24) is 19.6 Å². The molecule has 2 aliphatic carbocycles. The van der Waals surface area contributed by atoms with Crippen LogP contribution in [0.5, 0.6) is 0 Å². The molecule has 0 radical (unpaired) electrons. The topological polar surface area (TPSA) is 53.4 Å². The predicted molar refractivity (Wildman–Crippen MR) is 197 cm³/mol. The Hall–Kier alpha value is -0.930. The highest BCUT2D eigenvalue weighted by atomic mass is 35.5. The molecule has 262 valence electrons. The zero-order valence-electron chi connectivity index (χ0n) is 28.7. The second kappa shape index (κ2) is 17.3. The second-order valence-corrected chi connectivity index (χ2v) is 16.1. The molecular weight excluding hydrogens is 651 g/mol. The smallest absolute Gasteiger partial charge is 0.0937 e. The van der Waals surface area contributed by atoms with Crippen LogP contribution >= 0.6 is 34.8 Å². The quantitative estimate of drug-likeness (QED) is 0.306. The van der Waals surface area contributed by atoms with Crippen molar-refractivity contribution in [3.05, 3.63) is 68.7 Å². The van der Waals surface area contributed by atoms with Crippen molar-refractivity contribution in [2.24, 2.45) is 11.8 Å². The lowest BCUT2D eigenvalue weighted by Gasteiger charge is -2.41. The first-order valence-corrected chi connectivity index (χ1v) is 19.2. The number of likely N-dealkylation sites (N-methyl/N-ethyl adjacent to an activating group) is 2. The van der Waals surface area contributed by atoms with Crippen molar-refractivity contribution in [2.75, 3.05) is 79.5 Å². The standard InChI is InChI=1S/C19H28Cl2N2O.C19H29ClN2O/c1-22-7-9-23(10-8-22)14-15-5-3-2-4-6-19(15,24)16-11-17(20)13-18(21)12-16;1-21-10-12-22(13-11-21)15-17-6-3-2-4-9-19(17,23)16-7-5-8-18(20)14-16/h11-13,15,24H,2-10,14H2,1H3;5,7-8,14,17,23H,2-4,6,9-13,15H2,1H3. The van der Waals surface area contributed by atoms with E-state index in [2.05, 4.69) is 33.7 Å². The largest absolute Gasteiger partial charge is 0.385 e. The Balaban J connectivity index is 0.000000185. The van der Waals surface area contributed by atoms with E-state index in [4.69, 9.17) is 34.8 Å². The van der Waals surface area contributed by atoms with Gasteiger partial charge < -0.3 is 29.8 Å². The molecule has 4 atom stereocenters. The van der Waals surface area contributed by atoms with Crippen LogP contribution < -0.4 is 0 Å². The van der Waals surface area contributed by atoms with Gasteiger partial charge in [-0.1, -0.05) is 85.5 Å². The van der Waals surface area contributed by atoms with Gasteiger partial charge in [0.25, 0.3) is 0 Å². The van der Waals surface area contributed by atoms with Crippen LogP contribution in [0.15, 0.2) is 42.5 Å². The van der Waals surface area contributed by atoms with Gasteiger partial charge >= 0.3 is 0 Å². The fourth-order valence-corrected chi connectivity index (χ4v) is 9.02. The summed E-state index contributed by atoms with van der Waals surface area (Å²) < 4.78 is 0. The van der Waals surface area contributed by atoms with Crippen molar-refractivity contribution < 1.29 is 10.2 Å². The predicted octanol–water partition coefficient (Wildman–Crippen LogP) is 7.36. The van der Waals surface area contributed by atoms with Gasteiger partial charge in [-0.05, 0) is 81.2 Å². The Morgan fingerprint density at radius 2 is 1.02 bits per heavy atom. The molecule has 2 saturated heterocycles. The number of rotatable bonds is 6. The Labute approximate surface area is 298 Å². The molecule has 2 aliphatic heterocycles. The maximum atomic E-state index is 11.7. The Bertz CT molecular complexity index is 1250. The Kier molecular flexibility index (Phi) is 13.8. The van der Waals surface area contributed by atoms with Crippen molar-refractivity contribution >= 4 is 34.8 Å². The van der Waals surface area contributed by atoms with Gasteiger partial charge in [-0.3, -0.25) is 0 Å². The van der Waals surface area contributed by atoms with Gasteiger partial charge in [-0.25, -0.2) is 0 Å². The van der Waals surface area contributed by atoms with E-state index in [0.717, 1.165) is 120 Å². The second-order valence-electron chi connectivity index (χ2n) is 14.8. The fraction of sp³-hybridized carbons (Fsp3) is 0.684. The molecule has 0 spiro atoms. The molecule has 2 saturated carbocycles. The summed E-state index contributed by atoms with van der Waals surface area (Å²) >= 11 is 18.6. The summed E-state index contributed by atoms with van der Waals surface area (Å²) in [5.74, 6) is 0.532. The zero-order chi connectivity index (χ0) is 33.4. The van der Waals surface area contributed by atoms with Gasteiger partial charge in [0.15, 0.2) is 0 Å². The lowest BCUT2D eigenvalue weighted by Crippen LogP contribution is -2.49. The van der Waals surface area contributed by atoms with E-state index in [1.807, 2.05) is 36.4 Å². The van der Waals surface area contributed by atoms with Crippen LogP contribution in [0.4, 0.5) is 0 Å². The SMILES string of the molecule is CN1CCN(CC2CCCCCC2(O)c2cc(Cl)cc(Cl)c2)CC1.CN1CCN(CC2CCCCCC2(O)c2cccc(Cl)c2)CC1. The van der Waals surface area contributed by atoms with E-state index in [1.54, 1.807) is 6.07 Å². The first-order chi connectivity index (χ1) is 22.5. The van der Waals surface area contributed by atoms with E-state index < -0.39 is 11.2 Å². The molecule has 0 amide bonds. The maximum absolute atomic E-state index is 11.7. The molecule has 4 fully saturated rings. The zero-order valence-corrected chi connectivity index (χ0v) is 30.9. The lowest BCUT2D eigenvalue weighted by molar-refractivity contribution is -0.0467. The number of hydrogen-bond acceptors (Lipinski definition) is 6. The highest BCUT2D eigenvalue weighted by molar-refractivity contribution is 6.34. The van der Waals surface area contributed by atoms with Gasteiger partial charge in [0.2, 0.25) is 0 Å². The molecule has 6 nitrogen and oxygen atoms in total. The van der Waals surface area contributed by atoms with E-state index in [1.165, 1.54) is 25.7 Å². The molecule has 0 aromatic heterocycles. The molecule has 6 rings (SSSR count). The van der Waals surface area contributed by atoms with Gasteiger partial charge in [-0.15, -0.1) is 0 Å². The molecule has 4 aliphatic rings. The first-order valence-electron chi connectivity index (χ1n) is 18.0. The average Bonchev–Trinajstić information content (AvgIpc) is 3.35. The Morgan fingerprint density at radius 1 is 0.574 bits per heavy atom. The summed E-state index contributed by atoms with van der Waals surface area (Å²) in [6.45, 7) is 10.8. The first kappa shape index (κ1) is 37.3. The minimum Gasteiger partial charge on any atom is -0.385 e. The number of piperazine rings is 2. The summed E-state index contributed by atoms with van der Waals surface area (Å²) in [5.41, 5.74) is 0.339. The minimum atomic E-state index is -0.825. The average molecular weight is 708 g/mol. The van der Waals surface area contributed by atoms with Crippen molar-refractivity contribution in [2.45, 2.75) is 75.4 Å². The molecule has 2 N–H and O–H groups in total. The molecule has 47 heavy (non-hydrogen) atoms. The van der Waals surface area contributed by atoms with E-state index in [9.17, 15) is 10.2 Å². The lowest BCUT2D eigenvalue weighted by atomic mass is 9.77. The molecular formula is C38H57Cl3N4O2. The molecule has 2 aromatic rings. The van der Waals surface area contributed by atoms with Crippen LogP contribution in [0, 0.1) is 11.8 Å². The highest BCUT2D eigenvalue weighted by Gasteiger charge is 2.41. The van der Waals surface area contributed by atoms with Crippen LogP contribution in [-0.4, -0.2) is 109 Å². The van der Waals surface area contributed by atoms with Crippen LogP contribution in [0.25, 0.3) is 0 Å². The third kappa shape index (κ3) is 10.1. The van der Waals surface area contributed by atoms with Gasteiger partial charge in [-0.2, -0.15) is 0 Å².